The van der Waals surface area contributed by atoms with Gasteiger partial charge in [0.1, 0.15) is 5.82 Å². The van der Waals surface area contributed by atoms with Crippen molar-refractivity contribution >= 4 is 16.1 Å². The van der Waals surface area contributed by atoms with E-state index in [9.17, 15) is 17.6 Å². The van der Waals surface area contributed by atoms with Crippen molar-refractivity contribution in [1.29, 1.82) is 0 Å². The molecule has 5 nitrogen and oxygen atoms in total. The molecule has 0 saturated heterocycles. The van der Waals surface area contributed by atoms with Crippen LogP contribution in [-0.2, 0) is 14.9 Å². The maximum Gasteiger partial charge on any atom is 0.341 e. The van der Waals surface area contributed by atoms with Gasteiger partial charge in [0.25, 0.3) is 10.1 Å². The molecule has 4 bridgehead atoms. The van der Waals surface area contributed by atoms with E-state index in [0.717, 1.165) is 37.5 Å². The van der Waals surface area contributed by atoms with Crippen molar-refractivity contribution in [3.05, 3.63) is 29.6 Å². The fraction of sp³-hybridized carbons (Fsp3) is 0.611. The maximum absolute atomic E-state index is 13.9. The van der Waals surface area contributed by atoms with Gasteiger partial charge in [-0.05, 0) is 74.5 Å². The molecule has 0 heterocycles. The Bertz CT molecular complexity index is 781. The first-order valence-corrected chi connectivity index (χ1v) is 10.1. The molecular formula is C18H21FO5S. The molecule has 1 aromatic carbocycles. The number of carbonyl (C=O) groups excluding carboxylic acids is 1. The second kappa shape index (κ2) is 5.77. The summed E-state index contributed by atoms with van der Waals surface area (Å²) in [7, 11) is -4.50. The monoisotopic (exact) mass is 368 g/mol. The first kappa shape index (κ1) is 17.0. The van der Waals surface area contributed by atoms with Gasteiger partial charge in [0, 0.05) is 5.41 Å². The van der Waals surface area contributed by atoms with Crippen molar-refractivity contribution in [2.45, 2.75) is 43.4 Å². The average Bonchev–Trinajstić information content (AvgIpc) is 2.51. The summed E-state index contributed by atoms with van der Waals surface area (Å²) in [5.74, 6) is 0.403. The lowest BCUT2D eigenvalue weighted by Gasteiger charge is -2.56. The standard InChI is InChI=1S/C18H21FO5S/c19-16-2-1-14(25(21,22)23)6-15(16)17(20)24-10-18-7-11-3-12(8-18)5-13(4-11)9-18/h1-2,6,11-13H,3-5,7-10H2,(H,21,22,23). The van der Waals surface area contributed by atoms with E-state index in [1.54, 1.807) is 0 Å². The third-order valence-electron chi connectivity index (χ3n) is 6.13. The van der Waals surface area contributed by atoms with E-state index in [-0.39, 0.29) is 12.0 Å². The Balaban J connectivity index is 1.50. The summed E-state index contributed by atoms with van der Waals surface area (Å²) >= 11 is 0. The normalized spacial score (nSPS) is 33.4. The average molecular weight is 368 g/mol. The van der Waals surface area contributed by atoms with E-state index >= 15 is 0 Å². The summed E-state index contributed by atoms with van der Waals surface area (Å²) in [5.41, 5.74) is -0.457. The van der Waals surface area contributed by atoms with Crippen LogP contribution in [-0.4, -0.2) is 25.5 Å². The van der Waals surface area contributed by atoms with E-state index in [2.05, 4.69) is 0 Å². The molecule has 0 aromatic heterocycles. The Kier molecular flexibility index (Phi) is 3.92. The molecule has 7 heteroatoms. The molecule has 5 rings (SSSR count). The molecule has 4 aliphatic carbocycles. The van der Waals surface area contributed by atoms with Gasteiger partial charge in [0.15, 0.2) is 0 Å². The highest BCUT2D eigenvalue weighted by atomic mass is 32.2. The van der Waals surface area contributed by atoms with E-state index in [4.69, 9.17) is 9.29 Å². The Morgan fingerprint density at radius 2 is 1.72 bits per heavy atom. The zero-order chi connectivity index (χ0) is 17.8. The predicted molar refractivity (Wildman–Crippen MR) is 87.1 cm³/mol. The molecular weight excluding hydrogens is 347 g/mol. The van der Waals surface area contributed by atoms with Crippen LogP contribution in [0.1, 0.15) is 48.9 Å². The van der Waals surface area contributed by atoms with Crippen LogP contribution in [0.15, 0.2) is 23.1 Å². The number of benzene rings is 1. The van der Waals surface area contributed by atoms with Crippen molar-refractivity contribution in [2.75, 3.05) is 6.61 Å². The summed E-state index contributed by atoms with van der Waals surface area (Å²) in [5, 5.41) is 0. The molecule has 0 spiro atoms. The number of hydrogen-bond donors (Lipinski definition) is 1. The molecule has 0 amide bonds. The minimum atomic E-state index is -4.50. The first-order valence-electron chi connectivity index (χ1n) is 8.68. The lowest BCUT2D eigenvalue weighted by molar-refractivity contribution is -0.0849. The molecule has 0 unspecified atom stereocenters. The van der Waals surface area contributed by atoms with Crippen LogP contribution in [0.25, 0.3) is 0 Å². The molecule has 25 heavy (non-hydrogen) atoms. The van der Waals surface area contributed by atoms with Gasteiger partial charge in [-0.3, -0.25) is 4.55 Å². The minimum Gasteiger partial charge on any atom is -0.461 e. The predicted octanol–water partition coefficient (Wildman–Crippen LogP) is 3.45. The van der Waals surface area contributed by atoms with Gasteiger partial charge in [0.05, 0.1) is 17.1 Å². The second-order valence-electron chi connectivity index (χ2n) is 8.11. The first-order chi connectivity index (χ1) is 11.7. The summed E-state index contributed by atoms with van der Waals surface area (Å²) in [6.07, 6.45) is 6.99. The van der Waals surface area contributed by atoms with Gasteiger partial charge in [-0.15, -0.1) is 0 Å². The lowest BCUT2D eigenvalue weighted by Crippen LogP contribution is -2.48. The highest BCUT2D eigenvalue weighted by Gasteiger charge is 2.51. The quantitative estimate of drug-likeness (QED) is 0.650. The Morgan fingerprint density at radius 1 is 1.16 bits per heavy atom. The van der Waals surface area contributed by atoms with Crippen LogP contribution in [0, 0.1) is 29.0 Å². The van der Waals surface area contributed by atoms with Crippen LogP contribution in [0.3, 0.4) is 0 Å². The summed E-state index contributed by atoms with van der Waals surface area (Å²) in [6.45, 7) is 0.255. The van der Waals surface area contributed by atoms with Crippen molar-refractivity contribution in [1.82, 2.24) is 0 Å². The van der Waals surface area contributed by atoms with Crippen LogP contribution in [0.4, 0.5) is 4.39 Å². The molecule has 1 N–H and O–H groups in total. The zero-order valence-corrected chi connectivity index (χ0v) is 14.6. The summed E-state index contributed by atoms with van der Waals surface area (Å²) in [6, 6.07) is 2.59. The van der Waals surface area contributed by atoms with Gasteiger partial charge < -0.3 is 4.74 Å². The van der Waals surface area contributed by atoms with Crippen molar-refractivity contribution in [2.24, 2.45) is 23.2 Å². The van der Waals surface area contributed by atoms with Gasteiger partial charge in [0.2, 0.25) is 0 Å². The van der Waals surface area contributed by atoms with Crippen molar-refractivity contribution < 1.29 is 26.9 Å². The molecule has 4 fully saturated rings. The maximum atomic E-state index is 13.9. The SMILES string of the molecule is O=C(OCC12CC3CC(CC(C3)C1)C2)c1cc(S(=O)(=O)O)ccc1F. The fourth-order valence-electron chi connectivity index (χ4n) is 5.58. The molecule has 0 aliphatic heterocycles. The number of rotatable bonds is 4. The van der Waals surface area contributed by atoms with Crippen LogP contribution in [0.2, 0.25) is 0 Å². The number of hydrogen-bond acceptors (Lipinski definition) is 4. The number of halogens is 1. The molecule has 0 radical (unpaired) electrons. The van der Waals surface area contributed by atoms with E-state index in [1.807, 2.05) is 0 Å². The van der Waals surface area contributed by atoms with Crippen LogP contribution in [0.5, 0.6) is 0 Å². The molecule has 136 valence electrons. The third-order valence-corrected chi connectivity index (χ3v) is 6.98. The molecule has 0 atom stereocenters. The smallest absolute Gasteiger partial charge is 0.341 e. The zero-order valence-electron chi connectivity index (χ0n) is 13.8. The largest absolute Gasteiger partial charge is 0.461 e. The fourth-order valence-corrected chi connectivity index (χ4v) is 6.09. The molecule has 4 saturated carbocycles. The van der Waals surface area contributed by atoms with Crippen LogP contribution < -0.4 is 0 Å². The number of ether oxygens (including phenoxy) is 1. The Labute approximate surface area is 146 Å². The Morgan fingerprint density at radius 3 is 2.24 bits per heavy atom. The van der Waals surface area contributed by atoms with Crippen LogP contribution >= 0.6 is 0 Å². The van der Waals surface area contributed by atoms with Gasteiger partial charge in [-0.25, -0.2) is 9.18 Å². The second-order valence-corrected chi connectivity index (χ2v) is 9.53. The molecule has 4 aliphatic rings. The summed E-state index contributed by atoms with van der Waals surface area (Å²) in [4.78, 5) is 11.8. The van der Waals surface area contributed by atoms with E-state index < -0.39 is 32.4 Å². The highest BCUT2D eigenvalue weighted by molar-refractivity contribution is 7.85. The molecule has 1 aromatic rings. The lowest BCUT2D eigenvalue weighted by atomic mass is 9.50. The van der Waals surface area contributed by atoms with Crippen molar-refractivity contribution in [3.8, 4) is 0 Å². The minimum absolute atomic E-state index is 0.00154. The van der Waals surface area contributed by atoms with Gasteiger partial charge in [-0.2, -0.15) is 8.42 Å². The third kappa shape index (κ3) is 3.19. The van der Waals surface area contributed by atoms with Crippen molar-refractivity contribution in [3.63, 3.8) is 0 Å². The van der Waals surface area contributed by atoms with Gasteiger partial charge in [-0.1, -0.05) is 0 Å². The highest BCUT2D eigenvalue weighted by Crippen LogP contribution is 2.60. The number of carbonyl (C=O) groups is 1. The Hall–Kier alpha value is -1.47. The number of esters is 1. The summed E-state index contributed by atoms with van der Waals surface area (Å²) < 4.78 is 50.8. The van der Waals surface area contributed by atoms with E-state index in [0.29, 0.717) is 17.8 Å². The van der Waals surface area contributed by atoms with E-state index in [1.165, 1.54) is 19.3 Å². The topological polar surface area (TPSA) is 80.7 Å². The van der Waals surface area contributed by atoms with Gasteiger partial charge >= 0.3 is 5.97 Å².